The van der Waals surface area contributed by atoms with Gasteiger partial charge in [-0.25, -0.2) is 16.8 Å². The predicted molar refractivity (Wildman–Crippen MR) is 233 cm³/mol. The fourth-order valence-electron chi connectivity index (χ4n) is 6.42. The number of nitrogens with one attached hydrogen (secondary N) is 2. The van der Waals surface area contributed by atoms with Crippen LogP contribution in [0, 0.1) is 0 Å². The van der Waals surface area contributed by atoms with Crippen molar-refractivity contribution >= 4 is 99.1 Å². The van der Waals surface area contributed by atoms with Gasteiger partial charge in [0.05, 0.1) is 36.2 Å². The summed E-state index contributed by atoms with van der Waals surface area (Å²) < 4.78 is 137. The summed E-state index contributed by atoms with van der Waals surface area (Å²) in [6.45, 7) is 1.40. The van der Waals surface area contributed by atoms with Crippen LogP contribution in [0.15, 0.2) is 102 Å². The molecule has 332 valence electrons. The summed E-state index contributed by atoms with van der Waals surface area (Å²) in [7, 11) is -18.0. The van der Waals surface area contributed by atoms with E-state index in [-0.39, 0.29) is 96.0 Å². The number of nitrogens with zero attached hydrogens (tertiary/aromatic N) is 2. The number of morpholine rings is 2. The third-order valence-corrected chi connectivity index (χ3v) is 17.1. The first-order valence-corrected chi connectivity index (χ1v) is 26.5. The highest BCUT2D eigenvalue weighted by molar-refractivity contribution is 7.99. The minimum Gasteiger partial charge on any atom is -0.379 e. The van der Waals surface area contributed by atoms with E-state index in [9.17, 15) is 52.4 Å². The number of rotatable bonds is 14. The fraction of sp³-hybridized carbons (Fsp3) is 0.263. The highest BCUT2D eigenvalue weighted by Gasteiger charge is 2.31. The quantitative estimate of drug-likeness (QED) is 0.0778. The first-order valence-electron chi connectivity index (χ1n) is 18.3. The zero-order valence-corrected chi connectivity index (χ0v) is 37.8. The van der Waals surface area contributed by atoms with Crippen molar-refractivity contribution in [3.8, 4) is 0 Å². The van der Waals surface area contributed by atoms with Gasteiger partial charge < -0.3 is 20.1 Å². The highest BCUT2D eigenvalue weighted by Crippen LogP contribution is 2.32. The van der Waals surface area contributed by atoms with Crippen LogP contribution in [0.3, 0.4) is 0 Å². The van der Waals surface area contributed by atoms with Crippen molar-refractivity contribution < 1.29 is 61.8 Å². The monoisotopic (exact) mass is 968 g/mol. The maximum atomic E-state index is 13.5. The van der Waals surface area contributed by atoms with Crippen molar-refractivity contribution in [2.24, 2.45) is 0 Å². The van der Waals surface area contributed by atoms with Gasteiger partial charge in [0, 0.05) is 58.5 Å². The average molecular weight is 969 g/mol. The number of amides is 2. The lowest BCUT2D eigenvalue weighted by Gasteiger charge is -2.27. The van der Waals surface area contributed by atoms with Crippen LogP contribution in [0.4, 0.5) is 11.4 Å². The number of carbonyl (C=O) groups excluding carboxylic acids is 2. The number of thioether (sulfide) groups is 2. The van der Waals surface area contributed by atoms with E-state index in [0.29, 0.717) is 9.79 Å². The van der Waals surface area contributed by atoms with E-state index in [1.165, 1.54) is 92.8 Å². The van der Waals surface area contributed by atoms with Crippen LogP contribution in [-0.2, 0) is 49.8 Å². The zero-order chi connectivity index (χ0) is 45.0. The van der Waals surface area contributed by atoms with Gasteiger partial charge in [0.2, 0.25) is 20.0 Å². The molecular weight excluding hydrogens is 929 g/mol. The zero-order valence-electron chi connectivity index (χ0n) is 32.9. The largest absolute Gasteiger partial charge is 0.379 e. The molecule has 0 unspecified atom stereocenters. The van der Waals surface area contributed by atoms with Gasteiger partial charge in [-0.15, -0.1) is 23.5 Å². The van der Waals surface area contributed by atoms with Crippen molar-refractivity contribution in [1.82, 2.24) is 8.61 Å². The number of hydrogen-bond acceptors (Lipinski definition) is 14. The Labute approximate surface area is 367 Å². The lowest BCUT2D eigenvalue weighted by molar-refractivity contribution is 0.0729. The Balaban J connectivity index is 1.24. The van der Waals surface area contributed by atoms with E-state index in [1.807, 2.05) is 0 Å². The van der Waals surface area contributed by atoms with Crippen LogP contribution in [0.1, 0.15) is 31.8 Å². The lowest BCUT2D eigenvalue weighted by atomic mass is 10.1. The molecule has 4 aromatic rings. The lowest BCUT2D eigenvalue weighted by Crippen LogP contribution is -2.40. The van der Waals surface area contributed by atoms with Crippen molar-refractivity contribution in [3.63, 3.8) is 0 Å². The Kier molecular flexibility index (Phi) is 14.7. The van der Waals surface area contributed by atoms with Gasteiger partial charge in [-0.3, -0.25) is 18.7 Å². The Bertz CT molecular complexity index is 2680. The molecule has 0 atom stereocenters. The molecule has 24 heteroatoms. The number of carbonyl (C=O) groups is 2. The second-order valence-electron chi connectivity index (χ2n) is 13.5. The maximum absolute atomic E-state index is 13.5. The third-order valence-electron chi connectivity index (χ3n) is 9.57. The second-order valence-corrected chi connectivity index (χ2v) is 21.7. The molecule has 0 radical (unpaired) electrons. The molecule has 2 heterocycles. The van der Waals surface area contributed by atoms with Crippen LogP contribution in [0.5, 0.6) is 0 Å². The summed E-state index contributed by atoms with van der Waals surface area (Å²) in [4.78, 5) is 26.0. The van der Waals surface area contributed by atoms with Crippen LogP contribution in [0.2, 0.25) is 0 Å². The van der Waals surface area contributed by atoms with Gasteiger partial charge in [-0.2, -0.15) is 25.4 Å². The van der Waals surface area contributed by atoms with Crippen molar-refractivity contribution in [2.75, 3.05) is 75.8 Å². The number of anilines is 2. The Morgan fingerprint density at radius 2 is 0.903 bits per heavy atom. The summed E-state index contributed by atoms with van der Waals surface area (Å²) >= 11 is 2.35. The van der Waals surface area contributed by atoms with Gasteiger partial charge in [-0.1, -0.05) is 24.3 Å². The molecule has 0 saturated carbocycles. The van der Waals surface area contributed by atoms with E-state index < -0.39 is 61.9 Å². The second kappa shape index (κ2) is 19.3. The molecule has 2 aliphatic heterocycles. The Hall–Kier alpha value is -4.18. The molecule has 0 aromatic heterocycles. The van der Waals surface area contributed by atoms with Gasteiger partial charge in [-0.05, 0) is 84.3 Å². The van der Waals surface area contributed by atoms with Gasteiger partial charge in [0.15, 0.2) is 0 Å². The van der Waals surface area contributed by atoms with Crippen LogP contribution >= 0.6 is 23.5 Å². The Morgan fingerprint density at radius 1 is 0.548 bits per heavy atom. The van der Waals surface area contributed by atoms with E-state index >= 15 is 0 Å². The average Bonchev–Trinajstić information content (AvgIpc) is 3.25. The summed E-state index contributed by atoms with van der Waals surface area (Å²) in [5.41, 5.74) is -0.635. The molecule has 0 spiro atoms. The SMILES string of the molecule is CSc1ccc(C(=O)Nc2ccc(/C=C/c3ccc(NC(=O)c4ccc(SC)c(S(=O)(=O)N5CCOCC5)c4)cc3S(=O)(=O)O)c(S(=O)(=O)O)c2)cc1S(=O)(=O)N1CCOCC1. The van der Waals surface area contributed by atoms with Crippen LogP contribution in [-0.4, -0.2) is 128 Å². The van der Waals surface area contributed by atoms with E-state index in [2.05, 4.69) is 10.6 Å². The maximum Gasteiger partial charge on any atom is 0.295 e. The topological polar surface area (TPSA) is 260 Å². The number of benzene rings is 4. The van der Waals surface area contributed by atoms with E-state index in [1.54, 1.807) is 12.5 Å². The molecule has 0 aliphatic carbocycles. The van der Waals surface area contributed by atoms with Crippen molar-refractivity contribution in [3.05, 3.63) is 95.1 Å². The standard InChI is InChI=1S/C38H40N4O14S6/c1-57-31-11-7-27(21-35(31)59(45,46)41-13-17-55-18-14-41)37(43)39-29-9-5-25(33(23-29)61(49,50)51)3-4-26-6-10-30(24-34(26)62(52,53)54)40-38(44)28-8-12-32(58-2)36(22-28)60(47,48)42-15-19-56-20-16-42/h3-12,21-24H,13-20H2,1-2H3,(H,39,43)(H,40,44)(H,49,50,51)(H,52,53,54)/b4-3+. The predicted octanol–water partition coefficient (Wildman–Crippen LogP) is 4.34. The molecule has 4 N–H and O–H groups in total. The fourth-order valence-corrected chi connectivity index (χ4v) is 12.9. The molecule has 2 saturated heterocycles. The van der Waals surface area contributed by atoms with E-state index in [0.717, 1.165) is 24.3 Å². The molecule has 2 fully saturated rings. The van der Waals surface area contributed by atoms with Crippen LogP contribution in [0.25, 0.3) is 12.2 Å². The number of sulfonamides is 2. The summed E-state index contributed by atoms with van der Waals surface area (Å²) in [6.07, 6.45) is 5.64. The highest BCUT2D eigenvalue weighted by atomic mass is 32.2. The number of ether oxygens (including phenoxy) is 2. The summed E-state index contributed by atoms with van der Waals surface area (Å²) in [6, 6.07) is 15.1. The molecule has 2 aliphatic rings. The molecular formula is C38H40N4O14S6. The normalized spacial score (nSPS) is 16.0. The minimum absolute atomic E-state index is 0.0561. The molecule has 62 heavy (non-hydrogen) atoms. The van der Waals surface area contributed by atoms with E-state index in [4.69, 9.17) is 9.47 Å². The van der Waals surface area contributed by atoms with Crippen molar-refractivity contribution in [2.45, 2.75) is 29.4 Å². The first-order chi connectivity index (χ1) is 29.2. The van der Waals surface area contributed by atoms with Crippen molar-refractivity contribution in [1.29, 1.82) is 0 Å². The van der Waals surface area contributed by atoms with Gasteiger partial charge >= 0.3 is 0 Å². The molecule has 18 nitrogen and oxygen atoms in total. The summed E-state index contributed by atoms with van der Waals surface area (Å²) in [5.74, 6) is -1.58. The first kappa shape index (κ1) is 47.3. The summed E-state index contributed by atoms with van der Waals surface area (Å²) in [5, 5.41) is 5.01. The Morgan fingerprint density at radius 3 is 1.23 bits per heavy atom. The molecule has 6 rings (SSSR count). The van der Waals surface area contributed by atoms with Gasteiger partial charge in [0.1, 0.15) is 9.79 Å². The van der Waals surface area contributed by atoms with Crippen LogP contribution < -0.4 is 10.6 Å². The smallest absolute Gasteiger partial charge is 0.295 e. The van der Waals surface area contributed by atoms with Gasteiger partial charge in [0.25, 0.3) is 32.1 Å². The third kappa shape index (κ3) is 10.8. The molecule has 2 amide bonds. The molecule has 0 bridgehead atoms. The molecule has 4 aromatic carbocycles. The minimum atomic E-state index is -4.98. The number of hydrogen-bond donors (Lipinski definition) is 4.